The molecule has 0 radical (unpaired) electrons. The Morgan fingerprint density at radius 3 is 2.65 bits per heavy atom. The lowest BCUT2D eigenvalue weighted by molar-refractivity contribution is -0.152. The highest BCUT2D eigenvalue weighted by molar-refractivity contribution is 5.99. The third kappa shape index (κ3) is 6.24. The molecule has 3 aromatic rings. The number of para-hydroxylation sites is 1. The Morgan fingerprint density at radius 1 is 1.16 bits per heavy atom. The van der Waals surface area contributed by atoms with E-state index < -0.39 is 65.4 Å². The van der Waals surface area contributed by atoms with Crippen molar-refractivity contribution in [2.45, 2.75) is 69.1 Å². The Kier molecular flexibility index (Phi) is 9.93. The van der Waals surface area contributed by atoms with E-state index in [-0.39, 0.29) is 32.8 Å². The molecule has 6 rings (SSSR count). The zero-order valence-electron chi connectivity index (χ0n) is 27.5. The summed E-state index contributed by atoms with van der Waals surface area (Å²) >= 11 is 0. The highest BCUT2D eigenvalue weighted by Crippen LogP contribution is 2.59. The van der Waals surface area contributed by atoms with Gasteiger partial charge in [0.05, 0.1) is 42.1 Å². The van der Waals surface area contributed by atoms with Crippen molar-refractivity contribution in [3.63, 3.8) is 0 Å². The summed E-state index contributed by atoms with van der Waals surface area (Å²) in [5.41, 5.74) is 0.851. The number of rotatable bonds is 15. The number of hydrogen-bond acceptors (Lipinski definition) is 9. The molecule has 3 fully saturated rings. The molecule has 49 heavy (non-hydrogen) atoms. The summed E-state index contributed by atoms with van der Waals surface area (Å²) in [6.45, 7) is 8.86. The summed E-state index contributed by atoms with van der Waals surface area (Å²) < 4.78 is 13.7. The van der Waals surface area contributed by atoms with Gasteiger partial charge in [-0.05, 0) is 43.9 Å². The molecule has 4 heterocycles. The number of fused-ring (bicyclic) bond motifs is 2. The fourth-order valence-electron chi connectivity index (χ4n) is 7.61. The van der Waals surface area contributed by atoms with E-state index in [1.165, 1.54) is 9.80 Å². The van der Waals surface area contributed by atoms with E-state index in [1.54, 1.807) is 23.8 Å². The molecule has 3 saturated heterocycles. The first-order chi connectivity index (χ1) is 23.7. The first-order valence-corrected chi connectivity index (χ1v) is 16.6. The number of ether oxygens (including phenoxy) is 2. The maximum Gasteiger partial charge on any atom is 0.306 e. The summed E-state index contributed by atoms with van der Waals surface area (Å²) in [5, 5.41) is 21.8. The maximum absolute atomic E-state index is 14.7. The minimum atomic E-state index is -1.28. The minimum Gasteiger partial charge on any atom is -0.463 e. The quantitative estimate of drug-likeness (QED) is 0.183. The van der Waals surface area contributed by atoms with Crippen molar-refractivity contribution in [2.24, 2.45) is 11.8 Å². The first-order valence-electron chi connectivity index (χ1n) is 16.6. The van der Waals surface area contributed by atoms with Gasteiger partial charge in [-0.3, -0.25) is 19.2 Å². The van der Waals surface area contributed by atoms with Gasteiger partial charge >= 0.3 is 5.97 Å². The number of esters is 1. The topological polar surface area (TPSA) is 156 Å². The SMILES string of the molecule is C=CCCC(=O)OC[C@H](NC(=O)[C@@H]1[C@H]2C(=O)N([C@H](C)CO)[C@H](C(=O)N(CC=C)Cn3nnc4ccccc43)[C@]23CC[C@H]1O3)c1ccccc1. The third-order valence-corrected chi connectivity index (χ3v) is 9.88. The number of hydrogen-bond donors (Lipinski definition) is 2. The van der Waals surface area contributed by atoms with Gasteiger partial charge in [0.25, 0.3) is 0 Å². The Morgan fingerprint density at radius 2 is 1.92 bits per heavy atom. The van der Waals surface area contributed by atoms with Crippen molar-refractivity contribution in [2.75, 3.05) is 19.8 Å². The third-order valence-electron chi connectivity index (χ3n) is 9.88. The number of aliphatic hydroxyl groups is 1. The average molecular weight is 671 g/mol. The van der Waals surface area contributed by atoms with Crippen LogP contribution < -0.4 is 5.32 Å². The summed E-state index contributed by atoms with van der Waals surface area (Å²) in [5.74, 6) is -3.52. The number of allylic oxidation sites excluding steroid dienone is 1. The van der Waals surface area contributed by atoms with E-state index in [0.29, 0.717) is 24.8 Å². The molecule has 0 saturated carbocycles. The summed E-state index contributed by atoms with van der Waals surface area (Å²) in [7, 11) is 0. The summed E-state index contributed by atoms with van der Waals surface area (Å²) in [6.07, 6.45) is 4.12. The van der Waals surface area contributed by atoms with E-state index in [9.17, 15) is 24.3 Å². The van der Waals surface area contributed by atoms with Gasteiger partial charge in [-0.25, -0.2) is 4.68 Å². The largest absolute Gasteiger partial charge is 0.463 e. The highest BCUT2D eigenvalue weighted by atomic mass is 16.5. The smallest absolute Gasteiger partial charge is 0.306 e. The lowest BCUT2D eigenvalue weighted by atomic mass is 9.70. The molecule has 2 N–H and O–H groups in total. The van der Waals surface area contributed by atoms with Gasteiger partial charge in [-0.2, -0.15) is 0 Å². The van der Waals surface area contributed by atoms with Gasteiger partial charge in [-0.15, -0.1) is 18.3 Å². The lowest BCUT2D eigenvalue weighted by Gasteiger charge is -2.38. The normalized spacial score (nSPS) is 25.1. The van der Waals surface area contributed by atoms with Gasteiger partial charge in [0.2, 0.25) is 17.7 Å². The van der Waals surface area contributed by atoms with Crippen molar-refractivity contribution < 1.29 is 33.8 Å². The van der Waals surface area contributed by atoms with Crippen LogP contribution in [0.25, 0.3) is 11.0 Å². The minimum absolute atomic E-state index is 0.0375. The predicted octanol–water partition coefficient (Wildman–Crippen LogP) is 2.53. The number of nitrogens with one attached hydrogen (secondary N) is 1. The van der Waals surface area contributed by atoms with E-state index in [4.69, 9.17) is 9.47 Å². The second kappa shape index (κ2) is 14.3. The summed E-state index contributed by atoms with van der Waals surface area (Å²) in [6, 6.07) is 14.0. The van der Waals surface area contributed by atoms with Crippen LogP contribution in [0.15, 0.2) is 79.9 Å². The number of likely N-dealkylation sites (tertiary alicyclic amines) is 1. The van der Waals surface area contributed by atoms with Crippen molar-refractivity contribution in [1.29, 1.82) is 0 Å². The van der Waals surface area contributed by atoms with Crippen molar-refractivity contribution in [3.8, 4) is 0 Å². The lowest BCUT2D eigenvalue weighted by Crippen LogP contribution is -2.58. The predicted molar refractivity (Wildman–Crippen MR) is 178 cm³/mol. The van der Waals surface area contributed by atoms with Crippen molar-refractivity contribution in [3.05, 3.63) is 85.5 Å². The number of benzene rings is 2. The molecular formula is C36H42N6O7. The van der Waals surface area contributed by atoms with Crippen LogP contribution in [0.2, 0.25) is 0 Å². The molecule has 13 heteroatoms. The number of nitrogens with zero attached hydrogens (tertiary/aromatic N) is 5. The molecule has 2 bridgehead atoms. The number of aliphatic hydroxyl groups excluding tert-OH is 1. The monoisotopic (exact) mass is 670 g/mol. The van der Waals surface area contributed by atoms with Crippen molar-refractivity contribution >= 4 is 34.7 Å². The van der Waals surface area contributed by atoms with E-state index >= 15 is 0 Å². The molecule has 0 unspecified atom stereocenters. The molecule has 0 aliphatic carbocycles. The number of carbonyl (C=O) groups excluding carboxylic acids is 4. The average Bonchev–Trinajstić information content (AvgIpc) is 3.88. The van der Waals surface area contributed by atoms with Gasteiger partial charge in [-0.1, -0.05) is 59.8 Å². The summed E-state index contributed by atoms with van der Waals surface area (Å²) in [4.78, 5) is 58.6. The molecule has 1 spiro atoms. The molecule has 13 nitrogen and oxygen atoms in total. The molecule has 1 aromatic heterocycles. The van der Waals surface area contributed by atoms with Crippen LogP contribution in [0, 0.1) is 11.8 Å². The first kappa shape index (κ1) is 34.0. The van der Waals surface area contributed by atoms with E-state index in [1.807, 2.05) is 54.6 Å². The van der Waals surface area contributed by atoms with Crippen LogP contribution in [0.5, 0.6) is 0 Å². The Labute approximate surface area is 284 Å². The van der Waals surface area contributed by atoms with E-state index in [2.05, 4.69) is 28.8 Å². The molecule has 3 aliphatic heterocycles. The molecular weight excluding hydrogens is 628 g/mol. The van der Waals surface area contributed by atoms with Gasteiger partial charge in [0.1, 0.15) is 30.4 Å². The second-order valence-corrected chi connectivity index (χ2v) is 12.9. The Hall–Kier alpha value is -4.88. The standard InChI is InChI=1S/C36H42N6O7/c1-4-6-16-29(44)48-21-26(24-12-8-7-9-13-24)37-33(45)30-28-17-18-36(49-28)31(30)34(46)42(23(3)20-43)32(36)35(47)40(19-5-2)22-41-27-15-11-10-14-25(27)38-39-41/h4-5,7-15,23,26,28,30-32,43H,1-2,6,16-22H2,3H3,(H,37,45)/t23-,26+,28-,30+,31+,32-,36+/m1/s1. The molecule has 7 atom stereocenters. The van der Waals surface area contributed by atoms with Crippen LogP contribution in [0.4, 0.5) is 0 Å². The van der Waals surface area contributed by atoms with Crippen molar-refractivity contribution in [1.82, 2.24) is 30.1 Å². The van der Waals surface area contributed by atoms with Crippen LogP contribution in [0.1, 0.15) is 44.2 Å². The molecule has 2 aromatic carbocycles. The van der Waals surface area contributed by atoms with Gasteiger partial charge < -0.3 is 29.7 Å². The Balaban J connectivity index is 1.29. The fraction of sp³-hybridized carbons (Fsp3) is 0.444. The van der Waals surface area contributed by atoms with Crippen LogP contribution in [-0.4, -0.2) is 97.1 Å². The molecule has 258 valence electrons. The van der Waals surface area contributed by atoms with E-state index in [0.717, 1.165) is 11.1 Å². The Bertz CT molecular complexity index is 1730. The van der Waals surface area contributed by atoms with Gasteiger partial charge in [0, 0.05) is 13.0 Å². The van der Waals surface area contributed by atoms with Crippen LogP contribution in [0.3, 0.4) is 0 Å². The molecule has 3 aliphatic rings. The number of amides is 3. The highest BCUT2D eigenvalue weighted by Gasteiger charge is 2.75. The molecule has 3 amide bonds. The second-order valence-electron chi connectivity index (χ2n) is 12.9. The van der Waals surface area contributed by atoms with Gasteiger partial charge in [0.15, 0.2) is 0 Å². The fourth-order valence-corrected chi connectivity index (χ4v) is 7.61. The maximum atomic E-state index is 14.7. The van der Waals surface area contributed by atoms with Crippen LogP contribution >= 0.6 is 0 Å². The zero-order chi connectivity index (χ0) is 34.7. The van der Waals surface area contributed by atoms with Crippen LogP contribution in [-0.2, 0) is 35.3 Å². The number of carbonyl (C=O) groups is 4. The number of aromatic nitrogens is 3. The zero-order valence-corrected chi connectivity index (χ0v) is 27.5.